The first kappa shape index (κ1) is 68.8. The number of allylic oxidation sites excluding steroid dienone is 20. The highest BCUT2D eigenvalue weighted by atomic mass is 16.6. The van der Waals surface area contributed by atoms with Crippen molar-refractivity contribution in [2.45, 2.75) is 271 Å². The molecule has 0 saturated heterocycles. The van der Waals surface area contributed by atoms with Crippen LogP contribution in [0.25, 0.3) is 0 Å². The fourth-order valence-electron chi connectivity index (χ4n) is 7.98. The number of hydrogen-bond donors (Lipinski definition) is 0. The molecule has 0 N–H and O–H groups in total. The zero-order valence-electron chi connectivity index (χ0n) is 47.4. The molecule has 0 heterocycles. The van der Waals surface area contributed by atoms with Crippen molar-refractivity contribution in [3.63, 3.8) is 0 Å². The van der Waals surface area contributed by atoms with E-state index in [4.69, 9.17) is 14.2 Å². The van der Waals surface area contributed by atoms with Gasteiger partial charge in [-0.15, -0.1) is 0 Å². The molecule has 1 atom stereocenters. The Morgan fingerprint density at radius 1 is 0.288 bits per heavy atom. The molecule has 0 fully saturated rings. The Labute approximate surface area is 450 Å². The van der Waals surface area contributed by atoms with Gasteiger partial charge in [0.05, 0.1) is 0 Å². The van der Waals surface area contributed by atoms with E-state index in [1.165, 1.54) is 96.3 Å². The van der Waals surface area contributed by atoms with Gasteiger partial charge < -0.3 is 14.2 Å². The minimum absolute atomic E-state index is 0.101. The number of rotatable bonds is 53. The third kappa shape index (κ3) is 58.6. The Morgan fingerprint density at radius 3 is 0.959 bits per heavy atom. The average Bonchev–Trinajstić information content (AvgIpc) is 3.39. The standard InChI is InChI=1S/C67H110O6/c1-4-7-10-13-16-19-22-24-26-28-29-30-31-32-33-34-35-36-37-38-39-40-42-43-45-48-51-54-57-60-66(69)72-63-64(62-71-65(68)59-56-53-50-47-21-18-15-12-9-6-3)73-67(70)61-58-55-52-49-46-44-41-27-25-23-20-17-14-11-8-5-2/h7,10,12,15-16,19,24,26,29-30,32-33,35-36,38-39,42-43,48,51,64H,4-6,8-9,11,13-14,17-18,20-23,25,27-28,31,34,37,40-41,44-47,49-50,52-63H2,1-3H3/b10-7-,15-12-,19-16-,26-24-,30-29-,33-32-,36-35-,39-38-,43-42-,51-48-. The molecule has 6 nitrogen and oxygen atoms in total. The van der Waals surface area contributed by atoms with Crippen LogP contribution in [-0.4, -0.2) is 37.2 Å². The SMILES string of the molecule is CC/C=C\C/C=C\C/C=C\C/C=C\C/C=C\C/C=C\C/C=C\C/C=C\C/C=C\CCCC(=O)OCC(COC(=O)CCCCCCC/C=C\CCC)OC(=O)CCCCCCCCCCCCCCCCCC. The Hall–Kier alpha value is -4.19. The molecule has 0 aliphatic carbocycles. The van der Waals surface area contributed by atoms with Crippen molar-refractivity contribution in [1.29, 1.82) is 0 Å². The summed E-state index contributed by atoms with van der Waals surface area (Å²) in [5.41, 5.74) is 0. The molecule has 0 radical (unpaired) electrons. The van der Waals surface area contributed by atoms with Gasteiger partial charge >= 0.3 is 17.9 Å². The van der Waals surface area contributed by atoms with E-state index in [1.807, 2.05) is 0 Å². The fourth-order valence-corrected chi connectivity index (χ4v) is 7.98. The van der Waals surface area contributed by atoms with Crippen LogP contribution in [0.1, 0.15) is 265 Å². The summed E-state index contributed by atoms with van der Waals surface area (Å²) in [5.74, 6) is -0.971. The summed E-state index contributed by atoms with van der Waals surface area (Å²) in [5, 5.41) is 0. The average molecular weight is 1010 g/mol. The molecule has 0 amide bonds. The Kier molecular flexibility index (Phi) is 56.9. The highest BCUT2D eigenvalue weighted by Crippen LogP contribution is 2.15. The second-order valence-corrected chi connectivity index (χ2v) is 19.5. The molecule has 6 heteroatoms. The topological polar surface area (TPSA) is 78.9 Å². The summed E-state index contributed by atoms with van der Waals surface area (Å²) >= 11 is 0. The Morgan fingerprint density at radius 2 is 0.575 bits per heavy atom. The number of carbonyl (C=O) groups is 3. The molecule has 0 aliphatic heterocycles. The van der Waals surface area contributed by atoms with E-state index in [0.717, 1.165) is 122 Å². The van der Waals surface area contributed by atoms with Crippen LogP contribution in [0.15, 0.2) is 122 Å². The zero-order valence-corrected chi connectivity index (χ0v) is 47.4. The highest BCUT2D eigenvalue weighted by Gasteiger charge is 2.19. The van der Waals surface area contributed by atoms with Crippen molar-refractivity contribution in [3.8, 4) is 0 Å². The summed E-state index contributed by atoms with van der Waals surface area (Å²) in [4.78, 5) is 38.1. The molecule has 0 aromatic heterocycles. The van der Waals surface area contributed by atoms with E-state index in [-0.39, 0.29) is 37.5 Å². The van der Waals surface area contributed by atoms with Crippen LogP contribution in [0.2, 0.25) is 0 Å². The number of hydrogen-bond acceptors (Lipinski definition) is 6. The Bertz CT molecular complexity index is 1540. The second-order valence-electron chi connectivity index (χ2n) is 19.5. The van der Waals surface area contributed by atoms with Crippen LogP contribution in [0.4, 0.5) is 0 Å². The number of carbonyl (C=O) groups excluding carboxylic acids is 3. The van der Waals surface area contributed by atoms with Crippen molar-refractivity contribution in [1.82, 2.24) is 0 Å². The molecule has 73 heavy (non-hydrogen) atoms. The third-order valence-electron chi connectivity index (χ3n) is 12.4. The van der Waals surface area contributed by atoms with Crippen LogP contribution in [-0.2, 0) is 28.6 Å². The van der Waals surface area contributed by atoms with Gasteiger partial charge in [-0.1, -0.05) is 264 Å². The first-order valence-electron chi connectivity index (χ1n) is 30.0. The van der Waals surface area contributed by atoms with Gasteiger partial charge in [-0.3, -0.25) is 14.4 Å². The molecule has 1 unspecified atom stereocenters. The first-order valence-corrected chi connectivity index (χ1v) is 30.0. The van der Waals surface area contributed by atoms with Crippen molar-refractivity contribution in [2.24, 2.45) is 0 Å². The van der Waals surface area contributed by atoms with Crippen molar-refractivity contribution >= 4 is 17.9 Å². The van der Waals surface area contributed by atoms with Gasteiger partial charge in [0.15, 0.2) is 6.10 Å². The van der Waals surface area contributed by atoms with E-state index >= 15 is 0 Å². The lowest BCUT2D eigenvalue weighted by atomic mass is 10.0. The second kappa shape index (κ2) is 60.4. The zero-order chi connectivity index (χ0) is 52.9. The molecule has 0 spiro atoms. The fraction of sp³-hybridized carbons (Fsp3) is 0.657. The van der Waals surface area contributed by atoms with Gasteiger partial charge in [0.25, 0.3) is 0 Å². The summed E-state index contributed by atoms with van der Waals surface area (Å²) in [7, 11) is 0. The minimum Gasteiger partial charge on any atom is -0.462 e. The van der Waals surface area contributed by atoms with Crippen LogP contribution < -0.4 is 0 Å². The summed E-state index contributed by atoms with van der Waals surface area (Å²) in [6.45, 7) is 6.41. The van der Waals surface area contributed by atoms with Gasteiger partial charge in [0.2, 0.25) is 0 Å². The molecule has 0 bridgehead atoms. The maximum absolute atomic E-state index is 12.8. The van der Waals surface area contributed by atoms with Crippen LogP contribution in [0.5, 0.6) is 0 Å². The third-order valence-corrected chi connectivity index (χ3v) is 12.4. The summed E-state index contributed by atoms with van der Waals surface area (Å²) in [6.07, 6.45) is 83.5. The molecule has 0 rings (SSSR count). The van der Waals surface area contributed by atoms with E-state index in [2.05, 4.69) is 142 Å². The molecule has 0 saturated carbocycles. The molecular formula is C67H110O6. The lowest BCUT2D eigenvalue weighted by Gasteiger charge is -2.18. The van der Waals surface area contributed by atoms with Gasteiger partial charge in [0, 0.05) is 19.3 Å². The summed E-state index contributed by atoms with van der Waals surface area (Å²) < 4.78 is 16.8. The largest absolute Gasteiger partial charge is 0.462 e. The van der Waals surface area contributed by atoms with Crippen molar-refractivity contribution < 1.29 is 28.6 Å². The van der Waals surface area contributed by atoms with Crippen molar-refractivity contribution in [3.05, 3.63) is 122 Å². The van der Waals surface area contributed by atoms with Gasteiger partial charge in [-0.2, -0.15) is 0 Å². The first-order chi connectivity index (χ1) is 36.0. The van der Waals surface area contributed by atoms with E-state index in [1.54, 1.807) is 0 Å². The normalized spacial score (nSPS) is 13.0. The maximum atomic E-state index is 12.8. The van der Waals surface area contributed by atoms with E-state index in [9.17, 15) is 14.4 Å². The van der Waals surface area contributed by atoms with Crippen molar-refractivity contribution in [2.75, 3.05) is 13.2 Å². The molecule has 414 valence electrons. The minimum atomic E-state index is -0.805. The van der Waals surface area contributed by atoms with Crippen LogP contribution >= 0.6 is 0 Å². The quantitative estimate of drug-likeness (QED) is 0.0261. The Balaban J connectivity index is 4.37. The highest BCUT2D eigenvalue weighted by molar-refractivity contribution is 5.71. The molecule has 0 aliphatic rings. The number of ether oxygens (including phenoxy) is 3. The lowest BCUT2D eigenvalue weighted by molar-refractivity contribution is -0.167. The summed E-state index contributed by atoms with van der Waals surface area (Å²) in [6, 6.07) is 0. The predicted octanol–water partition coefficient (Wildman–Crippen LogP) is 20.4. The predicted molar refractivity (Wildman–Crippen MR) is 316 cm³/mol. The molecule has 0 aromatic carbocycles. The van der Waals surface area contributed by atoms with E-state index < -0.39 is 6.10 Å². The van der Waals surface area contributed by atoms with Gasteiger partial charge in [-0.05, 0) is 103 Å². The number of esters is 3. The van der Waals surface area contributed by atoms with Gasteiger partial charge in [-0.25, -0.2) is 0 Å². The monoisotopic (exact) mass is 1010 g/mol. The van der Waals surface area contributed by atoms with Crippen LogP contribution in [0, 0.1) is 0 Å². The smallest absolute Gasteiger partial charge is 0.306 e. The van der Waals surface area contributed by atoms with Crippen LogP contribution in [0.3, 0.4) is 0 Å². The van der Waals surface area contributed by atoms with Gasteiger partial charge in [0.1, 0.15) is 13.2 Å². The van der Waals surface area contributed by atoms with E-state index in [0.29, 0.717) is 19.3 Å². The number of unbranched alkanes of at least 4 members (excludes halogenated alkanes) is 22. The maximum Gasteiger partial charge on any atom is 0.306 e. The molecule has 0 aromatic rings. The lowest BCUT2D eigenvalue weighted by Crippen LogP contribution is -2.30. The molecular weight excluding hydrogens is 901 g/mol.